The van der Waals surface area contributed by atoms with Crippen LogP contribution in [0.25, 0.3) is 15.9 Å². The summed E-state index contributed by atoms with van der Waals surface area (Å²) in [7, 11) is 0. The van der Waals surface area contributed by atoms with E-state index in [2.05, 4.69) is 12.2 Å². The molecule has 1 aromatic carbocycles. The van der Waals surface area contributed by atoms with E-state index in [1.165, 1.54) is 22.2 Å². The van der Waals surface area contributed by atoms with Gasteiger partial charge in [-0.15, -0.1) is 11.3 Å². The fourth-order valence-corrected chi connectivity index (χ4v) is 5.87. The normalized spacial score (nSPS) is 14.7. The molecule has 0 spiro atoms. The maximum absolute atomic E-state index is 13.6. The molecule has 0 saturated heterocycles. The first kappa shape index (κ1) is 21.1. The molecule has 7 heteroatoms. The molecule has 1 unspecified atom stereocenters. The molecule has 0 saturated carbocycles. The minimum Gasteiger partial charge on any atom is -0.350 e. The predicted octanol–water partition coefficient (Wildman–Crippen LogP) is 4.72. The van der Waals surface area contributed by atoms with Crippen molar-refractivity contribution in [2.45, 2.75) is 69.3 Å². The fraction of sp³-hybridized carbons (Fsp3) is 0.435. The van der Waals surface area contributed by atoms with Crippen molar-refractivity contribution in [3.05, 3.63) is 51.1 Å². The molecule has 0 radical (unpaired) electrons. The number of nitrogens with zero attached hydrogens (tertiary/aromatic N) is 2. The number of aryl methyl sites for hydroxylation is 2. The highest BCUT2D eigenvalue weighted by Crippen LogP contribution is 2.36. The van der Waals surface area contributed by atoms with E-state index in [4.69, 9.17) is 4.98 Å². The van der Waals surface area contributed by atoms with Crippen molar-refractivity contribution in [2.24, 2.45) is 0 Å². The van der Waals surface area contributed by atoms with Crippen LogP contribution in [0.2, 0.25) is 0 Å². The van der Waals surface area contributed by atoms with Crippen LogP contribution in [0.4, 0.5) is 0 Å². The van der Waals surface area contributed by atoms with Crippen molar-refractivity contribution in [3.8, 4) is 5.69 Å². The van der Waals surface area contributed by atoms with Gasteiger partial charge in [-0.2, -0.15) is 0 Å². The Morgan fingerprint density at radius 2 is 2.03 bits per heavy atom. The van der Waals surface area contributed by atoms with Crippen LogP contribution in [0, 0.1) is 0 Å². The third-order valence-corrected chi connectivity index (χ3v) is 7.96. The van der Waals surface area contributed by atoms with E-state index in [0.717, 1.165) is 41.6 Å². The SMILES string of the molecule is CCC(C)(C)NC(=O)C(C)Sc1nc2sc3c(c2c(=O)n1-c1ccccc1)CCC3. The number of carbonyl (C=O) groups is 1. The minimum absolute atomic E-state index is 0.0328. The van der Waals surface area contributed by atoms with Gasteiger partial charge in [0, 0.05) is 10.4 Å². The second kappa shape index (κ2) is 8.19. The Hall–Kier alpha value is -2.12. The number of carbonyl (C=O) groups excluding carboxylic acids is 1. The topological polar surface area (TPSA) is 64.0 Å². The van der Waals surface area contributed by atoms with Gasteiger partial charge in [-0.3, -0.25) is 14.2 Å². The van der Waals surface area contributed by atoms with E-state index < -0.39 is 0 Å². The van der Waals surface area contributed by atoms with Crippen LogP contribution in [0.15, 0.2) is 40.3 Å². The molecule has 4 rings (SSSR count). The number of hydrogen-bond acceptors (Lipinski definition) is 5. The maximum Gasteiger partial charge on any atom is 0.267 e. The Bertz CT molecular complexity index is 1150. The van der Waals surface area contributed by atoms with Gasteiger partial charge in [0.15, 0.2) is 5.16 Å². The van der Waals surface area contributed by atoms with Crippen molar-refractivity contribution in [1.29, 1.82) is 0 Å². The molecule has 1 aliphatic carbocycles. The van der Waals surface area contributed by atoms with E-state index in [1.54, 1.807) is 15.9 Å². The number of amides is 1. The molecular formula is C23H27N3O2S2. The molecule has 1 amide bonds. The molecule has 5 nitrogen and oxygen atoms in total. The lowest BCUT2D eigenvalue weighted by molar-refractivity contribution is -0.121. The van der Waals surface area contributed by atoms with Gasteiger partial charge < -0.3 is 5.32 Å². The maximum atomic E-state index is 13.6. The van der Waals surface area contributed by atoms with Crippen molar-refractivity contribution >= 4 is 39.2 Å². The van der Waals surface area contributed by atoms with Gasteiger partial charge in [0.1, 0.15) is 4.83 Å². The van der Waals surface area contributed by atoms with Gasteiger partial charge in [-0.1, -0.05) is 36.9 Å². The zero-order chi connectivity index (χ0) is 21.5. The largest absolute Gasteiger partial charge is 0.350 e. The number of thioether (sulfide) groups is 1. The third kappa shape index (κ3) is 3.93. The summed E-state index contributed by atoms with van der Waals surface area (Å²) >= 11 is 2.97. The zero-order valence-electron chi connectivity index (χ0n) is 17.8. The Labute approximate surface area is 184 Å². The quantitative estimate of drug-likeness (QED) is 0.444. The molecule has 0 aliphatic heterocycles. The van der Waals surface area contributed by atoms with E-state index in [0.29, 0.717) is 5.16 Å². The van der Waals surface area contributed by atoms with Gasteiger partial charge in [-0.25, -0.2) is 4.98 Å². The number of nitrogens with one attached hydrogen (secondary N) is 1. The number of rotatable bonds is 6. The van der Waals surface area contributed by atoms with Gasteiger partial charge in [-0.05, 0) is 64.2 Å². The van der Waals surface area contributed by atoms with E-state index in [1.807, 2.05) is 51.1 Å². The second-order valence-electron chi connectivity index (χ2n) is 8.39. The Morgan fingerprint density at radius 1 is 1.30 bits per heavy atom. The summed E-state index contributed by atoms with van der Waals surface area (Å²) in [5.41, 5.74) is 1.65. The number of thiophene rings is 1. The summed E-state index contributed by atoms with van der Waals surface area (Å²) in [6, 6.07) is 9.59. The number of para-hydroxylation sites is 1. The molecule has 0 bridgehead atoms. The van der Waals surface area contributed by atoms with Crippen LogP contribution in [0.1, 0.15) is 51.0 Å². The monoisotopic (exact) mass is 441 g/mol. The number of aromatic nitrogens is 2. The number of hydrogen-bond donors (Lipinski definition) is 1. The van der Waals surface area contributed by atoms with Crippen LogP contribution < -0.4 is 10.9 Å². The Balaban J connectivity index is 1.79. The van der Waals surface area contributed by atoms with Crippen molar-refractivity contribution in [1.82, 2.24) is 14.9 Å². The van der Waals surface area contributed by atoms with Crippen LogP contribution >= 0.6 is 23.1 Å². The lowest BCUT2D eigenvalue weighted by atomic mass is 10.0. The molecule has 2 heterocycles. The fourth-order valence-electron chi connectivity index (χ4n) is 3.64. The summed E-state index contributed by atoms with van der Waals surface area (Å²) in [6.07, 6.45) is 3.91. The first-order chi connectivity index (χ1) is 14.3. The van der Waals surface area contributed by atoms with Gasteiger partial charge in [0.25, 0.3) is 5.56 Å². The van der Waals surface area contributed by atoms with E-state index in [9.17, 15) is 9.59 Å². The Morgan fingerprint density at radius 3 is 2.73 bits per heavy atom. The lowest BCUT2D eigenvalue weighted by Gasteiger charge is -2.26. The molecule has 1 atom stereocenters. The third-order valence-electron chi connectivity index (χ3n) is 5.72. The predicted molar refractivity (Wildman–Crippen MR) is 125 cm³/mol. The summed E-state index contributed by atoms with van der Waals surface area (Å²) in [6.45, 7) is 7.95. The highest BCUT2D eigenvalue weighted by atomic mass is 32.2. The van der Waals surface area contributed by atoms with Crippen LogP contribution in [0.3, 0.4) is 0 Å². The minimum atomic E-state index is -0.373. The van der Waals surface area contributed by atoms with Crippen molar-refractivity contribution < 1.29 is 4.79 Å². The highest BCUT2D eigenvalue weighted by molar-refractivity contribution is 8.00. The average molecular weight is 442 g/mol. The van der Waals surface area contributed by atoms with Crippen molar-refractivity contribution in [3.63, 3.8) is 0 Å². The van der Waals surface area contributed by atoms with Gasteiger partial charge in [0.2, 0.25) is 5.91 Å². The molecular weight excluding hydrogens is 414 g/mol. The molecule has 1 N–H and O–H groups in total. The van der Waals surface area contributed by atoms with E-state index in [-0.39, 0.29) is 22.3 Å². The first-order valence-electron chi connectivity index (χ1n) is 10.4. The zero-order valence-corrected chi connectivity index (χ0v) is 19.5. The van der Waals surface area contributed by atoms with Gasteiger partial charge >= 0.3 is 0 Å². The van der Waals surface area contributed by atoms with Crippen LogP contribution in [-0.2, 0) is 17.6 Å². The smallest absolute Gasteiger partial charge is 0.267 e. The molecule has 2 aromatic heterocycles. The summed E-state index contributed by atoms with van der Waals surface area (Å²) in [4.78, 5) is 33.4. The molecule has 0 fully saturated rings. The summed E-state index contributed by atoms with van der Waals surface area (Å²) in [5, 5.41) is 4.04. The Kier molecular flexibility index (Phi) is 5.77. The van der Waals surface area contributed by atoms with Gasteiger partial charge in [0.05, 0.1) is 16.3 Å². The van der Waals surface area contributed by atoms with Crippen LogP contribution in [-0.4, -0.2) is 26.2 Å². The molecule has 30 heavy (non-hydrogen) atoms. The number of fused-ring (bicyclic) bond motifs is 3. The summed E-state index contributed by atoms with van der Waals surface area (Å²) in [5.74, 6) is -0.0468. The summed E-state index contributed by atoms with van der Waals surface area (Å²) < 4.78 is 1.67. The molecule has 1 aliphatic rings. The lowest BCUT2D eigenvalue weighted by Crippen LogP contribution is -2.46. The standard InChI is InChI=1S/C23H27N3O2S2/c1-5-23(3,4)25-19(27)14(2)29-22-24-20-18(16-12-9-13-17(16)30-20)21(28)26(22)15-10-7-6-8-11-15/h6-8,10-11,14H,5,9,12-13H2,1-4H3,(H,25,27). The van der Waals surface area contributed by atoms with Crippen molar-refractivity contribution in [2.75, 3.05) is 0 Å². The molecule has 158 valence electrons. The average Bonchev–Trinajstić information content (AvgIpc) is 3.29. The highest BCUT2D eigenvalue weighted by Gasteiger charge is 2.27. The molecule has 3 aromatic rings. The first-order valence-corrected chi connectivity index (χ1v) is 12.1. The van der Waals surface area contributed by atoms with E-state index >= 15 is 0 Å². The number of benzene rings is 1. The second-order valence-corrected chi connectivity index (χ2v) is 10.8. The van der Waals surface area contributed by atoms with Crippen LogP contribution in [0.5, 0.6) is 0 Å².